The Balaban J connectivity index is 2.12. The number of thioether (sulfide) groups is 1. The summed E-state index contributed by atoms with van der Waals surface area (Å²) >= 11 is 1.77. The van der Waals surface area contributed by atoms with Crippen molar-refractivity contribution in [3.05, 3.63) is 46.8 Å². The van der Waals surface area contributed by atoms with Gasteiger partial charge in [-0.2, -0.15) is 0 Å². The van der Waals surface area contributed by atoms with Gasteiger partial charge >= 0.3 is 0 Å². The zero-order valence-corrected chi connectivity index (χ0v) is 13.3. The quantitative estimate of drug-likeness (QED) is 0.663. The van der Waals surface area contributed by atoms with Crippen molar-refractivity contribution in [1.29, 1.82) is 0 Å². The standard InChI is InChI=1S/C16H21N3S/c1-5-17-15-13(4)16(19-10-18-15)20-9-14-7-11(2)6-12(3)8-14/h6-8,10H,5,9H2,1-4H3,(H,17,18,19). The van der Waals surface area contributed by atoms with Gasteiger partial charge in [0, 0.05) is 17.9 Å². The Morgan fingerprint density at radius 2 is 1.75 bits per heavy atom. The third-order valence-corrected chi connectivity index (χ3v) is 4.20. The van der Waals surface area contributed by atoms with Crippen molar-refractivity contribution in [3.8, 4) is 0 Å². The predicted molar refractivity (Wildman–Crippen MR) is 86.4 cm³/mol. The van der Waals surface area contributed by atoms with Crippen molar-refractivity contribution in [2.45, 2.75) is 38.5 Å². The first kappa shape index (κ1) is 14.9. The molecular weight excluding hydrogens is 266 g/mol. The minimum atomic E-state index is 0.874. The molecule has 0 aliphatic heterocycles. The molecule has 3 nitrogen and oxygen atoms in total. The molecule has 4 heteroatoms. The molecule has 0 aliphatic carbocycles. The van der Waals surface area contributed by atoms with Crippen LogP contribution in [0.25, 0.3) is 0 Å². The van der Waals surface area contributed by atoms with Gasteiger partial charge in [0.1, 0.15) is 17.2 Å². The van der Waals surface area contributed by atoms with E-state index in [-0.39, 0.29) is 0 Å². The number of hydrogen-bond donors (Lipinski definition) is 1. The van der Waals surface area contributed by atoms with Gasteiger partial charge in [-0.05, 0) is 33.3 Å². The van der Waals surface area contributed by atoms with Gasteiger partial charge in [0.2, 0.25) is 0 Å². The Kier molecular flexibility index (Phi) is 5.01. The van der Waals surface area contributed by atoms with Crippen LogP contribution in [0.4, 0.5) is 5.82 Å². The minimum absolute atomic E-state index is 0.874. The molecule has 2 aromatic rings. The van der Waals surface area contributed by atoms with Crippen molar-refractivity contribution in [2.75, 3.05) is 11.9 Å². The van der Waals surface area contributed by atoms with E-state index in [1.54, 1.807) is 18.1 Å². The second-order valence-electron chi connectivity index (χ2n) is 4.97. The molecule has 1 N–H and O–H groups in total. The fraction of sp³-hybridized carbons (Fsp3) is 0.375. The van der Waals surface area contributed by atoms with E-state index in [4.69, 9.17) is 0 Å². The first-order valence-electron chi connectivity index (χ1n) is 6.85. The number of nitrogens with one attached hydrogen (secondary N) is 1. The van der Waals surface area contributed by atoms with Gasteiger partial charge in [0.15, 0.2) is 0 Å². The van der Waals surface area contributed by atoms with Crippen molar-refractivity contribution in [2.24, 2.45) is 0 Å². The lowest BCUT2D eigenvalue weighted by Crippen LogP contribution is -2.03. The molecule has 0 amide bonds. The van der Waals surface area contributed by atoms with Gasteiger partial charge in [-0.15, -0.1) is 11.8 Å². The number of aryl methyl sites for hydroxylation is 2. The van der Waals surface area contributed by atoms with Crippen LogP contribution in [0.3, 0.4) is 0 Å². The highest BCUT2D eigenvalue weighted by Gasteiger charge is 2.07. The second kappa shape index (κ2) is 6.75. The minimum Gasteiger partial charge on any atom is -0.370 e. The maximum atomic E-state index is 4.39. The molecule has 0 bridgehead atoms. The molecule has 1 heterocycles. The number of benzene rings is 1. The smallest absolute Gasteiger partial charge is 0.133 e. The van der Waals surface area contributed by atoms with E-state index in [2.05, 4.69) is 61.2 Å². The summed E-state index contributed by atoms with van der Waals surface area (Å²) in [6.07, 6.45) is 1.63. The van der Waals surface area contributed by atoms with E-state index in [9.17, 15) is 0 Å². The molecule has 20 heavy (non-hydrogen) atoms. The Morgan fingerprint density at radius 3 is 2.40 bits per heavy atom. The van der Waals surface area contributed by atoms with Crippen LogP contribution in [0.1, 0.15) is 29.2 Å². The molecule has 0 aliphatic rings. The molecule has 106 valence electrons. The molecule has 0 atom stereocenters. The van der Waals surface area contributed by atoms with Crippen molar-refractivity contribution in [3.63, 3.8) is 0 Å². The Hall–Kier alpha value is -1.55. The summed E-state index contributed by atoms with van der Waals surface area (Å²) in [5.41, 5.74) is 5.10. The van der Waals surface area contributed by atoms with Crippen LogP contribution in [0.15, 0.2) is 29.6 Å². The molecule has 0 radical (unpaired) electrons. The molecule has 1 aromatic heterocycles. The van der Waals surface area contributed by atoms with Crippen molar-refractivity contribution < 1.29 is 0 Å². The summed E-state index contributed by atoms with van der Waals surface area (Å²) in [4.78, 5) is 8.67. The van der Waals surface area contributed by atoms with Crippen LogP contribution in [0, 0.1) is 20.8 Å². The van der Waals surface area contributed by atoms with Gasteiger partial charge in [0.05, 0.1) is 0 Å². The lowest BCUT2D eigenvalue weighted by Gasteiger charge is -2.10. The van der Waals surface area contributed by atoms with Crippen LogP contribution in [-0.4, -0.2) is 16.5 Å². The van der Waals surface area contributed by atoms with Gasteiger partial charge in [0.25, 0.3) is 0 Å². The molecule has 0 unspecified atom stereocenters. The molecule has 0 saturated heterocycles. The second-order valence-corrected chi connectivity index (χ2v) is 5.93. The third kappa shape index (κ3) is 3.73. The van der Waals surface area contributed by atoms with E-state index in [0.717, 1.165) is 28.7 Å². The van der Waals surface area contributed by atoms with Crippen LogP contribution >= 0.6 is 11.8 Å². The molecule has 0 spiro atoms. The normalized spacial score (nSPS) is 10.6. The van der Waals surface area contributed by atoms with Crippen LogP contribution in [-0.2, 0) is 5.75 Å². The molecule has 2 rings (SSSR count). The first-order valence-corrected chi connectivity index (χ1v) is 7.84. The lowest BCUT2D eigenvalue weighted by atomic mass is 10.1. The van der Waals surface area contributed by atoms with E-state index >= 15 is 0 Å². The van der Waals surface area contributed by atoms with Gasteiger partial charge < -0.3 is 5.32 Å². The number of rotatable bonds is 5. The highest BCUT2D eigenvalue weighted by molar-refractivity contribution is 7.98. The van der Waals surface area contributed by atoms with E-state index in [0.29, 0.717) is 0 Å². The number of anilines is 1. The summed E-state index contributed by atoms with van der Waals surface area (Å²) in [5, 5.41) is 4.32. The monoisotopic (exact) mass is 287 g/mol. The highest BCUT2D eigenvalue weighted by Crippen LogP contribution is 2.27. The predicted octanol–water partition coefficient (Wildman–Crippen LogP) is 4.13. The first-order chi connectivity index (χ1) is 9.60. The Morgan fingerprint density at radius 1 is 1.05 bits per heavy atom. The molecule has 0 saturated carbocycles. The molecule has 0 fully saturated rings. The average molecular weight is 287 g/mol. The van der Waals surface area contributed by atoms with Crippen LogP contribution < -0.4 is 5.32 Å². The van der Waals surface area contributed by atoms with Crippen LogP contribution in [0.2, 0.25) is 0 Å². The molecular formula is C16H21N3S. The molecule has 1 aromatic carbocycles. The SMILES string of the molecule is CCNc1ncnc(SCc2cc(C)cc(C)c2)c1C. The summed E-state index contributed by atoms with van der Waals surface area (Å²) in [6, 6.07) is 6.68. The van der Waals surface area contributed by atoms with Crippen molar-refractivity contribution in [1.82, 2.24) is 9.97 Å². The Labute approximate surface area is 125 Å². The number of aromatic nitrogens is 2. The third-order valence-electron chi connectivity index (χ3n) is 3.04. The van der Waals surface area contributed by atoms with Crippen LogP contribution in [0.5, 0.6) is 0 Å². The zero-order valence-electron chi connectivity index (χ0n) is 12.5. The average Bonchev–Trinajstić information content (AvgIpc) is 2.39. The summed E-state index contributed by atoms with van der Waals surface area (Å²) < 4.78 is 0. The summed E-state index contributed by atoms with van der Waals surface area (Å²) in [7, 11) is 0. The maximum Gasteiger partial charge on any atom is 0.133 e. The fourth-order valence-electron chi connectivity index (χ4n) is 2.23. The summed E-state index contributed by atoms with van der Waals surface area (Å²) in [5.74, 6) is 1.87. The number of hydrogen-bond acceptors (Lipinski definition) is 4. The fourth-order valence-corrected chi connectivity index (χ4v) is 3.13. The zero-order chi connectivity index (χ0) is 14.5. The van der Waals surface area contributed by atoms with Gasteiger partial charge in [-0.25, -0.2) is 9.97 Å². The van der Waals surface area contributed by atoms with Crippen molar-refractivity contribution >= 4 is 17.6 Å². The van der Waals surface area contributed by atoms with E-state index in [1.807, 2.05) is 0 Å². The van der Waals surface area contributed by atoms with E-state index < -0.39 is 0 Å². The lowest BCUT2D eigenvalue weighted by molar-refractivity contribution is 0.990. The maximum absolute atomic E-state index is 4.39. The van der Waals surface area contributed by atoms with Gasteiger partial charge in [-0.1, -0.05) is 29.3 Å². The highest BCUT2D eigenvalue weighted by atomic mass is 32.2. The Bertz CT molecular complexity index is 576. The van der Waals surface area contributed by atoms with Gasteiger partial charge in [-0.3, -0.25) is 0 Å². The summed E-state index contributed by atoms with van der Waals surface area (Å²) in [6.45, 7) is 9.30. The largest absolute Gasteiger partial charge is 0.370 e. The topological polar surface area (TPSA) is 37.8 Å². The van der Waals surface area contributed by atoms with E-state index in [1.165, 1.54) is 16.7 Å². The number of nitrogens with zero attached hydrogens (tertiary/aromatic N) is 2.